The van der Waals surface area contributed by atoms with Gasteiger partial charge in [-0.2, -0.15) is 0 Å². The number of anilines is 2. The number of carbonyl (C=O) groups excluding carboxylic acids is 1. The van der Waals surface area contributed by atoms with Crippen LogP contribution in [-0.2, 0) is 11.2 Å². The second-order valence-corrected chi connectivity index (χ2v) is 10.8. The average Bonchev–Trinajstić information content (AvgIpc) is 2.98. The molecule has 0 aliphatic rings. The maximum Gasteiger partial charge on any atom is 0.326 e. The number of hydrogen-bond donors (Lipinski definition) is 3. The van der Waals surface area contributed by atoms with E-state index in [1.54, 1.807) is 12.1 Å². The molecule has 5 rings (SSSR count). The van der Waals surface area contributed by atoms with Gasteiger partial charge in [0, 0.05) is 22.7 Å². The number of amides is 1. The van der Waals surface area contributed by atoms with Crippen LogP contribution in [0.3, 0.4) is 0 Å². The number of carboxylic acid groups (broad SMARTS) is 1. The summed E-state index contributed by atoms with van der Waals surface area (Å²) in [6.45, 7) is 3.99. The van der Waals surface area contributed by atoms with Gasteiger partial charge < -0.3 is 20.5 Å². The SMILES string of the molecule is Cc1cc(C)cc(Nc2ccc(Cl)cc2C(=O)NC(Cc2ccc(-c3ccccc3Oc3ccccc3)cc2)C(=O)O)c1. The first-order valence-electron chi connectivity index (χ1n) is 13.8. The van der Waals surface area contributed by atoms with Crippen LogP contribution in [0.1, 0.15) is 27.0 Å². The van der Waals surface area contributed by atoms with Crippen molar-refractivity contribution in [2.24, 2.45) is 0 Å². The number of aryl methyl sites for hydroxylation is 2. The highest BCUT2D eigenvalue weighted by molar-refractivity contribution is 6.31. The van der Waals surface area contributed by atoms with E-state index < -0.39 is 17.9 Å². The van der Waals surface area contributed by atoms with E-state index >= 15 is 0 Å². The van der Waals surface area contributed by atoms with Gasteiger partial charge in [-0.25, -0.2) is 4.79 Å². The van der Waals surface area contributed by atoms with Gasteiger partial charge in [0.25, 0.3) is 5.91 Å². The summed E-state index contributed by atoms with van der Waals surface area (Å²) in [6.07, 6.45) is 0.101. The molecule has 0 aliphatic carbocycles. The fourth-order valence-corrected chi connectivity index (χ4v) is 5.09. The molecule has 0 radical (unpaired) electrons. The quantitative estimate of drug-likeness (QED) is 0.152. The molecule has 0 saturated carbocycles. The molecular weight excluding hydrogens is 560 g/mol. The van der Waals surface area contributed by atoms with Crippen molar-refractivity contribution in [2.75, 3.05) is 5.32 Å². The van der Waals surface area contributed by atoms with Gasteiger partial charge in [-0.15, -0.1) is 0 Å². The maximum absolute atomic E-state index is 13.4. The Hall–Kier alpha value is -5.07. The molecule has 1 atom stereocenters. The lowest BCUT2D eigenvalue weighted by Crippen LogP contribution is -2.42. The van der Waals surface area contributed by atoms with Crippen LogP contribution in [0.5, 0.6) is 11.5 Å². The topological polar surface area (TPSA) is 87.7 Å². The highest BCUT2D eigenvalue weighted by Crippen LogP contribution is 2.33. The van der Waals surface area contributed by atoms with E-state index in [0.717, 1.165) is 39.3 Å². The molecule has 0 saturated heterocycles. The van der Waals surface area contributed by atoms with E-state index in [2.05, 4.69) is 16.7 Å². The molecule has 0 bridgehead atoms. The Kier molecular flexibility index (Phi) is 9.08. The van der Waals surface area contributed by atoms with Crippen molar-refractivity contribution in [3.8, 4) is 22.6 Å². The van der Waals surface area contributed by atoms with Gasteiger partial charge in [0.15, 0.2) is 0 Å². The summed E-state index contributed by atoms with van der Waals surface area (Å²) in [5.74, 6) is -0.224. The highest BCUT2D eigenvalue weighted by Gasteiger charge is 2.23. The molecule has 3 N–H and O–H groups in total. The summed E-state index contributed by atoms with van der Waals surface area (Å²) in [4.78, 5) is 25.6. The van der Waals surface area contributed by atoms with Crippen LogP contribution >= 0.6 is 11.6 Å². The Morgan fingerprint density at radius 3 is 2.19 bits per heavy atom. The van der Waals surface area contributed by atoms with Crippen molar-refractivity contribution in [2.45, 2.75) is 26.3 Å². The van der Waals surface area contributed by atoms with Crippen LogP contribution in [0, 0.1) is 13.8 Å². The summed E-state index contributed by atoms with van der Waals surface area (Å²) in [7, 11) is 0. The zero-order chi connectivity index (χ0) is 30.3. The number of hydrogen-bond acceptors (Lipinski definition) is 4. The molecule has 0 aromatic heterocycles. The molecule has 0 spiro atoms. The first-order valence-corrected chi connectivity index (χ1v) is 14.2. The zero-order valence-electron chi connectivity index (χ0n) is 23.8. The van der Waals surface area contributed by atoms with E-state index in [0.29, 0.717) is 16.5 Å². The lowest BCUT2D eigenvalue weighted by molar-refractivity contribution is -0.139. The third kappa shape index (κ3) is 7.61. The second kappa shape index (κ2) is 13.3. The lowest BCUT2D eigenvalue weighted by atomic mass is 9.99. The monoisotopic (exact) mass is 590 g/mol. The zero-order valence-corrected chi connectivity index (χ0v) is 24.6. The minimum absolute atomic E-state index is 0.101. The largest absolute Gasteiger partial charge is 0.480 e. The molecule has 43 heavy (non-hydrogen) atoms. The number of carboxylic acids is 1. The minimum atomic E-state index is -1.15. The highest BCUT2D eigenvalue weighted by atomic mass is 35.5. The summed E-state index contributed by atoms with van der Waals surface area (Å²) in [6, 6.07) is 34.6. The van der Waals surface area contributed by atoms with Crippen molar-refractivity contribution in [3.05, 3.63) is 143 Å². The number of para-hydroxylation sites is 2. The summed E-state index contributed by atoms with van der Waals surface area (Å²) in [5.41, 5.74) is 6.34. The molecule has 1 unspecified atom stereocenters. The standard InChI is InChI=1S/C36H31ClN2O4/c1-23-18-24(2)20-28(19-23)38-32-17-16-27(37)22-31(32)35(40)39-33(36(41)42)21-25-12-14-26(15-13-25)30-10-6-7-11-34(30)43-29-8-4-3-5-9-29/h3-20,22,33,38H,21H2,1-2H3,(H,39,40)(H,41,42). The van der Waals surface area contributed by atoms with Crippen molar-refractivity contribution in [3.63, 3.8) is 0 Å². The van der Waals surface area contributed by atoms with Crippen LogP contribution in [0.25, 0.3) is 11.1 Å². The lowest BCUT2D eigenvalue weighted by Gasteiger charge is -2.18. The van der Waals surface area contributed by atoms with Crippen molar-refractivity contribution < 1.29 is 19.4 Å². The van der Waals surface area contributed by atoms with Gasteiger partial charge in [0.05, 0.1) is 11.3 Å². The van der Waals surface area contributed by atoms with Crippen LogP contribution in [0.15, 0.2) is 115 Å². The first kappa shape index (κ1) is 29.4. The molecule has 7 heteroatoms. The molecule has 0 heterocycles. The van der Waals surface area contributed by atoms with Gasteiger partial charge in [-0.05, 0) is 84.6 Å². The number of halogens is 1. The number of carbonyl (C=O) groups is 2. The van der Waals surface area contributed by atoms with Crippen molar-refractivity contribution in [1.29, 1.82) is 0 Å². The van der Waals surface area contributed by atoms with E-state index in [-0.39, 0.29) is 12.0 Å². The van der Waals surface area contributed by atoms with E-state index in [1.807, 2.05) is 105 Å². The van der Waals surface area contributed by atoms with E-state index in [9.17, 15) is 14.7 Å². The molecule has 0 aliphatic heterocycles. The molecule has 5 aromatic carbocycles. The number of rotatable bonds is 10. The molecule has 5 aromatic rings. The van der Waals surface area contributed by atoms with Gasteiger partial charge in [0.1, 0.15) is 17.5 Å². The fraction of sp³-hybridized carbons (Fsp3) is 0.111. The van der Waals surface area contributed by atoms with Gasteiger partial charge in [0.2, 0.25) is 0 Å². The first-order chi connectivity index (χ1) is 20.7. The predicted molar refractivity (Wildman–Crippen MR) is 172 cm³/mol. The van der Waals surface area contributed by atoms with Gasteiger partial charge >= 0.3 is 5.97 Å². The van der Waals surface area contributed by atoms with E-state index in [4.69, 9.17) is 16.3 Å². The second-order valence-electron chi connectivity index (χ2n) is 10.4. The van der Waals surface area contributed by atoms with Crippen molar-refractivity contribution in [1.82, 2.24) is 5.32 Å². The maximum atomic E-state index is 13.4. The Balaban J connectivity index is 1.32. The number of benzene rings is 5. The van der Waals surface area contributed by atoms with Crippen LogP contribution in [-0.4, -0.2) is 23.0 Å². The molecule has 1 amide bonds. The normalized spacial score (nSPS) is 11.4. The molecule has 216 valence electrons. The predicted octanol–water partition coefficient (Wildman–Crippen LogP) is 8.59. The van der Waals surface area contributed by atoms with Gasteiger partial charge in [-0.3, -0.25) is 4.79 Å². The van der Waals surface area contributed by atoms with Crippen LogP contribution in [0.2, 0.25) is 5.02 Å². The summed E-state index contributed by atoms with van der Waals surface area (Å²) < 4.78 is 6.10. The molecule has 6 nitrogen and oxygen atoms in total. The summed E-state index contributed by atoms with van der Waals surface area (Å²) >= 11 is 6.23. The Labute approximate surface area is 255 Å². The Bertz CT molecular complexity index is 1730. The third-order valence-corrected chi connectivity index (χ3v) is 7.13. The van der Waals surface area contributed by atoms with E-state index in [1.165, 1.54) is 6.07 Å². The smallest absolute Gasteiger partial charge is 0.326 e. The molecule has 0 fully saturated rings. The fourth-order valence-electron chi connectivity index (χ4n) is 4.92. The Morgan fingerprint density at radius 2 is 1.49 bits per heavy atom. The number of nitrogens with one attached hydrogen (secondary N) is 2. The van der Waals surface area contributed by atoms with Crippen LogP contribution in [0.4, 0.5) is 11.4 Å². The van der Waals surface area contributed by atoms with Crippen molar-refractivity contribution >= 4 is 34.9 Å². The third-order valence-electron chi connectivity index (χ3n) is 6.89. The molecular formula is C36H31ClN2O4. The number of aliphatic carboxylic acids is 1. The minimum Gasteiger partial charge on any atom is -0.480 e. The van der Waals surface area contributed by atoms with Gasteiger partial charge in [-0.1, -0.05) is 78.3 Å². The Morgan fingerprint density at radius 1 is 0.814 bits per heavy atom. The van der Waals surface area contributed by atoms with Crippen LogP contribution < -0.4 is 15.4 Å². The number of ether oxygens (including phenoxy) is 1. The summed E-state index contributed by atoms with van der Waals surface area (Å²) in [5, 5.41) is 16.3. The average molecular weight is 591 g/mol.